The number of likely N-dealkylation sites (N-methyl/N-ethyl adjacent to an activating group) is 1. The van der Waals surface area contributed by atoms with Crippen molar-refractivity contribution >= 4 is 17.8 Å². The molecule has 0 aliphatic rings. The van der Waals surface area contributed by atoms with Crippen molar-refractivity contribution < 1.29 is 45.5 Å². The molecule has 20 heavy (non-hydrogen) atoms. The molecule has 0 aromatic rings. The molecule has 0 bridgehead atoms. The molecule has 0 aliphatic heterocycles. The summed E-state index contributed by atoms with van der Waals surface area (Å²) in [5.41, 5.74) is 0. The second-order valence-corrected chi connectivity index (χ2v) is 4.80. The van der Waals surface area contributed by atoms with E-state index in [-0.39, 0.29) is 30.0 Å². The molecule has 0 saturated heterocycles. The zero-order valence-corrected chi connectivity index (χ0v) is 12.4. The fourth-order valence-electron chi connectivity index (χ4n) is 1.17. The van der Waals surface area contributed by atoms with Crippen molar-refractivity contribution in [2.24, 2.45) is 0 Å². The van der Waals surface area contributed by atoms with E-state index in [1.807, 2.05) is 0 Å². The van der Waals surface area contributed by atoms with Gasteiger partial charge in [-0.25, -0.2) is 4.79 Å². The number of amides is 1. The first-order valence-corrected chi connectivity index (χ1v) is 5.71. The van der Waals surface area contributed by atoms with Crippen molar-refractivity contribution in [1.29, 1.82) is 0 Å². The molecule has 0 aliphatic carbocycles. The van der Waals surface area contributed by atoms with Crippen LogP contribution in [0.4, 0.5) is 4.39 Å². The maximum absolute atomic E-state index is 12.5. The number of esters is 1. The van der Waals surface area contributed by atoms with Gasteiger partial charge in [0.25, 0.3) is 0 Å². The van der Waals surface area contributed by atoms with Crippen LogP contribution in [-0.4, -0.2) is 67.5 Å². The third-order valence-electron chi connectivity index (χ3n) is 2.31. The van der Waals surface area contributed by atoms with E-state index in [9.17, 15) is 18.8 Å². The molecule has 118 valence electrons. The van der Waals surface area contributed by atoms with E-state index in [0.717, 1.165) is 0 Å². The Kier molecular flexibility index (Phi) is 9.91. The number of nitrogens with one attached hydrogen (secondary N) is 1. The Balaban J connectivity index is 0. The van der Waals surface area contributed by atoms with Crippen LogP contribution in [0.25, 0.3) is 0 Å². The zero-order chi connectivity index (χ0) is 15.1. The maximum atomic E-state index is 12.5. The van der Waals surface area contributed by atoms with Crippen molar-refractivity contribution in [1.82, 2.24) is 5.32 Å². The summed E-state index contributed by atoms with van der Waals surface area (Å²) in [5.74, 6) is -2.59. The molecule has 2 N–H and O–H groups in total. The summed E-state index contributed by atoms with van der Waals surface area (Å²) in [6, 6.07) is -1.23. The Labute approximate surface area is 123 Å². The largest absolute Gasteiger partial charge is 1.00 e. The van der Waals surface area contributed by atoms with Crippen LogP contribution in [-0.2, 0) is 19.1 Å². The number of nitrogens with zero attached hydrogens (tertiary/aromatic N) is 1. The van der Waals surface area contributed by atoms with Gasteiger partial charge in [0.2, 0.25) is 12.7 Å². The van der Waals surface area contributed by atoms with Crippen LogP contribution in [0.2, 0.25) is 0 Å². The van der Waals surface area contributed by atoms with Crippen molar-refractivity contribution in [3.8, 4) is 0 Å². The second kappa shape index (κ2) is 9.49. The summed E-state index contributed by atoms with van der Waals surface area (Å²) in [4.78, 5) is 33.0. The lowest BCUT2D eigenvalue weighted by Crippen LogP contribution is -3.00. The Hall–Kier alpha value is -1.41. The topological polar surface area (TPSA) is 92.7 Å². The average Bonchev–Trinajstić information content (AvgIpc) is 2.26. The highest BCUT2D eigenvalue weighted by Crippen LogP contribution is 2.00. The van der Waals surface area contributed by atoms with Gasteiger partial charge >= 0.3 is 11.9 Å². The maximum Gasteiger partial charge on any atom is 0.329 e. The van der Waals surface area contributed by atoms with Gasteiger partial charge in [-0.3, -0.25) is 14.1 Å². The molecule has 1 atom stereocenters. The van der Waals surface area contributed by atoms with Crippen LogP contribution in [0, 0.1) is 0 Å². The lowest BCUT2D eigenvalue weighted by molar-refractivity contribution is -0.902. The fourth-order valence-corrected chi connectivity index (χ4v) is 1.17. The van der Waals surface area contributed by atoms with Gasteiger partial charge in [0.05, 0.1) is 20.5 Å². The van der Waals surface area contributed by atoms with E-state index in [1.165, 1.54) is 6.92 Å². The van der Waals surface area contributed by atoms with Crippen LogP contribution in [0.1, 0.15) is 13.3 Å². The van der Waals surface area contributed by atoms with Crippen LogP contribution >= 0.6 is 0 Å². The van der Waals surface area contributed by atoms with E-state index >= 15 is 0 Å². The average molecular weight is 315 g/mol. The number of rotatable bonds is 8. The standard InChI is InChI=1S/C11H19FN2O5.ClH/c1-8(15)13-9(6-10(16)17)11(18)19-5-4-14(2,3)7-12;/h9H,4-7H2,1-3H3,(H-,13,15,16,17);1H/t9-;/m0./s1. The number of carbonyl (C=O) groups excluding carboxylic acids is 2. The summed E-state index contributed by atoms with van der Waals surface area (Å²) in [6.45, 7) is 0.764. The summed E-state index contributed by atoms with van der Waals surface area (Å²) >= 11 is 0. The minimum absolute atomic E-state index is 0. The first kappa shape index (κ1) is 20.9. The third-order valence-corrected chi connectivity index (χ3v) is 2.31. The van der Waals surface area contributed by atoms with Gasteiger partial charge in [-0.15, -0.1) is 0 Å². The predicted molar refractivity (Wildman–Crippen MR) is 63.8 cm³/mol. The van der Waals surface area contributed by atoms with Crippen molar-refractivity contribution in [3.63, 3.8) is 0 Å². The van der Waals surface area contributed by atoms with Gasteiger partial charge in [-0.05, 0) is 0 Å². The molecular formula is C11H20ClFN2O5. The molecule has 0 aromatic carbocycles. The lowest BCUT2D eigenvalue weighted by Gasteiger charge is -2.25. The third kappa shape index (κ3) is 9.51. The highest BCUT2D eigenvalue weighted by molar-refractivity contribution is 5.86. The molecule has 0 aromatic heterocycles. The number of hydrogen-bond donors (Lipinski definition) is 2. The summed E-state index contributed by atoms with van der Waals surface area (Å²) < 4.78 is 17.4. The van der Waals surface area contributed by atoms with Gasteiger partial charge in [0.1, 0.15) is 19.2 Å². The minimum Gasteiger partial charge on any atom is -1.00 e. The predicted octanol–water partition coefficient (Wildman–Crippen LogP) is -3.48. The summed E-state index contributed by atoms with van der Waals surface area (Å²) in [5, 5.41) is 10.8. The Morgan fingerprint density at radius 2 is 1.90 bits per heavy atom. The van der Waals surface area contributed by atoms with Gasteiger partial charge in [0, 0.05) is 6.92 Å². The fraction of sp³-hybridized carbons (Fsp3) is 0.727. The van der Waals surface area contributed by atoms with E-state index < -0.39 is 37.1 Å². The Morgan fingerprint density at radius 1 is 1.35 bits per heavy atom. The van der Waals surface area contributed by atoms with Gasteiger partial charge in [-0.1, -0.05) is 0 Å². The normalized spacial score (nSPS) is 12.0. The molecule has 0 heterocycles. The summed E-state index contributed by atoms with van der Waals surface area (Å²) in [6.07, 6.45) is -0.556. The smallest absolute Gasteiger partial charge is 0.329 e. The SMILES string of the molecule is CC(=O)N[C@@H](CC(=O)O)C(=O)OCC[N+](C)(C)CF.[Cl-]. The van der Waals surface area contributed by atoms with E-state index in [4.69, 9.17) is 9.84 Å². The van der Waals surface area contributed by atoms with Crippen LogP contribution in [0.5, 0.6) is 0 Å². The molecule has 1 amide bonds. The Bertz CT molecular complexity index is 336. The molecule has 0 fully saturated rings. The molecule has 9 heteroatoms. The molecular weight excluding hydrogens is 295 g/mol. The highest BCUT2D eigenvalue weighted by atomic mass is 35.5. The summed E-state index contributed by atoms with van der Waals surface area (Å²) in [7, 11) is 3.24. The molecule has 0 rings (SSSR count). The van der Waals surface area contributed by atoms with Gasteiger partial charge < -0.3 is 27.6 Å². The number of aliphatic carboxylic acids is 1. The van der Waals surface area contributed by atoms with Crippen LogP contribution in [0.3, 0.4) is 0 Å². The van der Waals surface area contributed by atoms with Gasteiger partial charge in [0.15, 0.2) is 0 Å². The van der Waals surface area contributed by atoms with Crippen molar-refractivity contribution in [2.75, 3.05) is 34.0 Å². The van der Waals surface area contributed by atoms with E-state index in [1.54, 1.807) is 14.1 Å². The second-order valence-electron chi connectivity index (χ2n) is 4.80. The number of carboxylic acids is 1. The molecule has 7 nitrogen and oxygen atoms in total. The van der Waals surface area contributed by atoms with Crippen molar-refractivity contribution in [3.05, 3.63) is 0 Å². The number of ether oxygens (including phenoxy) is 1. The molecule has 0 spiro atoms. The molecule has 0 radical (unpaired) electrons. The number of carbonyl (C=O) groups is 3. The van der Waals surface area contributed by atoms with Crippen LogP contribution < -0.4 is 17.7 Å². The number of carboxylic acid groups (broad SMARTS) is 1. The van der Waals surface area contributed by atoms with Crippen LogP contribution in [0.15, 0.2) is 0 Å². The lowest BCUT2D eigenvalue weighted by atomic mass is 10.2. The first-order chi connectivity index (χ1) is 8.68. The minimum atomic E-state index is -1.23. The Morgan fingerprint density at radius 3 is 2.30 bits per heavy atom. The number of alkyl halides is 1. The van der Waals surface area contributed by atoms with Gasteiger partial charge in [-0.2, -0.15) is 4.39 Å². The number of quaternary nitrogens is 1. The number of halogens is 2. The molecule has 0 unspecified atom stereocenters. The highest BCUT2D eigenvalue weighted by Gasteiger charge is 2.25. The molecule has 0 saturated carbocycles. The number of hydrogen-bond acceptors (Lipinski definition) is 4. The van der Waals surface area contributed by atoms with E-state index in [2.05, 4.69) is 5.32 Å². The van der Waals surface area contributed by atoms with Crippen molar-refractivity contribution in [2.45, 2.75) is 19.4 Å². The monoisotopic (exact) mass is 314 g/mol. The van der Waals surface area contributed by atoms with E-state index in [0.29, 0.717) is 0 Å². The zero-order valence-electron chi connectivity index (χ0n) is 11.7. The quantitative estimate of drug-likeness (QED) is 0.276. The first-order valence-electron chi connectivity index (χ1n) is 5.71.